The number of sulfone groups is 1. The largest absolute Gasteiger partial charge is 0.496 e. The Morgan fingerprint density at radius 3 is 2.70 bits per heavy atom. The van der Waals surface area contributed by atoms with Crippen molar-refractivity contribution < 1.29 is 17.9 Å². The Bertz CT molecular complexity index is 627. The molecule has 0 spiro atoms. The van der Waals surface area contributed by atoms with E-state index in [4.69, 9.17) is 10.5 Å². The van der Waals surface area contributed by atoms with Crippen molar-refractivity contribution in [1.29, 1.82) is 0 Å². The van der Waals surface area contributed by atoms with Crippen LogP contribution in [0.5, 0.6) is 5.75 Å². The van der Waals surface area contributed by atoms with Crippen molar-refractivity contribution in [2.24, 2.45) is 0 Å². The Kier molecular flexibility index (Phi) is 3.89. The van der Waals surface area contributed by atoms with Gasteiger partial charge in [-0.1, -0.05) is 0 Å². The van der Waals surface area contributed by atoms with Crippen molar-refractivity contribution in [2.45, 2.75) is 12.5 Å². The number of nitrogens with two attached hydrogens (primary N) is 1. The molecule has 110 valence electrons. The highest BCUT2D eigenvalue weighted by Crippen LogP contribution is 2.25. The third kappa shape index (κ3) is 2.87. The maximum Gasteiger partial charge on any atom is 0.257 e. The molecule has 2 rings (SSSR count). The summed E-state index contributed by atoms with van der Waals surface area (Å²) in [5, 5.41) is 0. The number of nitrogens with zero attached hydrogens (tertiary/aromatic N) is 1. The Hall–Kier alpha value is -1.76. The molecule has 1 unspecified atom stereocenters. The highest BCUT2D eigenvalue weighted by Gasteiger charge is 2.33. The molecule has 1 amide bonds. The molecule has 20 heavy (non-hydrogen) atoms. The molecule has 1 aliphatic rings. The van der Waals surface area contributed by atoms with Crippen LogP contribution in [0.25, 0.3) is 0 Å². The maximum absolute atomic E-state index is 12.4. The number of benzene rings is 1. The van der Waals surface area contributed by atoms with Gasteiger partial charge in [0.05, 0.1) is 24.2 Å². The first-order valence-electron chi connectivity index (χ1n) is 6.25. The van der Waals surface area contributed by atoms with Gasteiger partial charge < -0.3 is 15.4 Å². The molecule has 6 nitrogen and oxygen atoms in total. The first kappa shape index (κ1) is 14.6. The summed E-state index contributed by atoms with van der Waals surface area (Å²) in [4.78, 5) is 13.9. The second-order valence-corrected chi connectivity index (χ2v) is 7.16. The van der Waals surface area contributed by atoms with Crippen LogP contribution in [0.2, 0.25) is 0 Å². The predicted octanol–water partition coefficient (Wildman–Crippen LogP) is 0.537. The number of anilines is 1. The standard InChI is InChI=1S/C13H18N2O4S/c1-15(10-5-6-20(17,18)8-10)13(16)11-4-3-9(14)7-12(11)19-2/h3-4,7,10H,5-6,8,14H2,1-2H3. The molecule has 2 N–H and O–H groups in total. The number of hydrogen-bond acceptors (Lipinski definition) is 5. The van der Waals surface area contributed by atoms with Gasteiger partial charge in [-0.2, -0.15) is 0 Å². The van der Waals surface area contributed by atoms with Crippen molar-refractivity contribution in [3.63, 3.8) is 0 Å². The van der Waals surface area contributed by atoms with Gasteiger partial charge in [0, 0.05) is 24.8 Å². The van der Waals surface area contributed by atoms with Crippen LogP contribution < -0.4 is 10.5 Å². The zero-order valence-electron chi connectivity index (χ0n) is 11.5. The molecule has 0 bridgehead atoms. The summed E-state index contributed by atoms with van der Waals surface area (Å²) in [6, 6.07) is 4.51. The van der Waals surface area contributed by atoms with Crippen LogP contribution >= 0.6 is 0 Å². The van der Waals surface area contributed by atoms with E-state index in [0.717, 1.165) is 0 Å². The third-order valence-corrected chi connectivity index (χ3v) is 5.28. The Labute approximate surface area is 118 Å². The summed E-state index contributed by atoms with van der Waals surface area (Å²) in [7, 11) is 0.0549. The Morgan fingerprint density at radius 2 is 2.15 bits per heavy atom. The zero-order valence-corrected chi connectivity index (χ0v) is 12.3. The van der Waals surface area contributed by atoms with Gasteiger partial charge in [0.2, 0.25) is 0 Å². The van der Waals surface area contributed by atoms with Crippen LogP contribution in [0.4, 0.5) is 5.69 Å². The van der Waals surface area contributed by atoms with Gasteiger partial charge in [0.15, 0.2) is 9.84 Å². The van der Waals surface area contributed by atoms with Gasteiger partial charge >= 0.3 is 0 Å². The molecule has 1 aromatic carbocycles. The Balaban J connectivity index is 2.23. The summed E-state index contributed by atoms with van der Waals surface area (Å²) < 4.78 is 28.1. The van der Waals surface area contributed by atoms with Gasteiger partial charge in [-0.25, -0.2) is 8.42 Å². The molecule has 1 aromatic rings. The number of carbonyl (C=O) groups excluding carboxylic acids is 1. The molecule has 0 saturated carbocycles. The monoisotopic (exact) mass is 298 g/mol. The van der Waals surface area contributed by atoms with Crippen LogP contribution in [0, 0.1) is 0 Å². The predicted molar refractivity (Wildman–Crippen MR) is 76.6 cm³/mol. The number of carbonyl (C=O) groups is 1. The minimum Gasteiger partial charge on any atom is -0.496 e. The van der Waals surface area contributed by atoms with Gasteiger partial charge in [0.25, 0.3) is 5.91 Å². The lowest BCUT2D eigenvalue weighted by molar-refractivity contribution is 0.0744. The van der Waals surface area contributed by atoms with Crippen molar-refractivity contribution in [3.05, 3.63) is 23.8 Å². The van der Waals surface area contributed by atoms with Crippen LogP contribution in [0.15, 0.2) is 18.2 Å². The average Bonchev–Trinajstić information content (AvgIpc) is 2.77. The van der Waals surface area contributed by atoms with Gasteiger partial charge in [0.1, 0.15) is 5.75 Å². The minimum atomic E-state index is -3.02. The lowest BCUT2D eigenvalue weighted by Gasteiger charge is -2.24. The van der Waals surface area contributed by atoms with E-state index in [0.29, 0.717) is 23.4 Å². The van der Waals surface area contributed by atoms with Crippen molar-refractivity contribution in [1.82, 2.24) is 4.90 Å². The number of amides is 1. The molecule has 7 heteroatoms. The van der Waals surface area contributed by atoms with E-state index in [9.17, 15) is 13.2 Å². The third-order valence-electron chi connectivity index (χ3n) is 3.53. The zero-order chi connectivity index (χ0) is 14.9. The normalized spacial score (nSPS) is 20.6. The van der Waals surface area contributed by atoms with E-state index in [1.165, 1.54) is 12.0 Å². The van der Waals surface area contributed by atoms with Gasteiger partial charge in [-0.15, -0.1) is 0 Å². The summed E-state index contributed by atoms with van der Waals surface area (Å²) in [6.07, 6.45) is 0.474. The van der Waals surface area contributed by atoms with Crippen molar-refractivity contribution in [2.75, 3.05) is 31.4 Å². The van der Waals surface area contributed by atoms with Gasteiger partial charge in [-0.3, -0.25) is 4.79 Å². The van der Waals surface area contributed by atoms with Gasteiger partial charge in [-0.05, 0) is 18.6 Å². The number of hydrogen-bond donors (Lipinski definition) is 1. The Morgan fingerprint density at radius 1 is 1.45 bits per heavy atom. The molecule has 1 fully saturated rings. The number of methoxy groups -OCH3 is 1. The van der Waals surface area contributed by atoms with E-state index < -0.39 is 9.84 Å². The van der Waals surface area contributed by atoms with E-state index >= 15 is 0 Å². The van der Waals surface area contributed by atoms with E-state index in [2.05, 4.69) is 0 Å². The second kappa shape index (κ2) is 5.32. The average molecular weight is 298 g/mol. The molecule has 1 aliphatic heterocycles. The number of rotatable bonds is 3. The molecule has 0 aromatic heterocycles. The smallest absolute Gasteiger partial charge is 0.257 e. The summed E-state index contributed by atoms with van der Waals surface area (Å²) in [5.74, 6) is 0.285. The van der Waals surface area contributed by atoms with Crippen LogP contribution in [-0.4, -0.2) is 50.9 Å². The molecule has 1 heterocycles. The minimum absolute atomic E-state index is 0.0204. The fraction of sp³-hybridized carbons (Fsp3) is 0.462. The fourth-order valence-corrected chi connectivity index (χ4v) is 4.10. The summed E-state index contributed by atoms with van der Waals surface area (Å²) >= 11 is 0. The lowest BCUT2D eigenvalue weighted by atomic mass is 10.1. The molecular weight excluding hydrogens is 280 g/mol. The van der Waals surface area contributed by atoms with Crippen LogP contribution in [0.3, 0.4) is 0 Å². The summed E-state index contributed by atoms with van der Waals surface area (Å²) in [6.45, 7) is 0. The van der Waals surface area contributed by atoms with E-state index in [-0.39, 0.29) is 23.5 Å². The SMILES string of the molecule is COc1cc(N)ccc1C(=O)N(C)C1CCS(=O)(=O)C1. The van der Waals surface area contributed by atoms with Crippen molar-refractivity contribution in [3.8, 4) is 5.75 Å². The highest BCUT2D eigenvalue weighted by molar-refractivity contribution is 7.91. The fourth-order valence-electron chi connectivity index (χ4n) is 2.32. The number of nitrogen functional groups attached to an aromatic ring is 1. The second-order valence-electron chi connectivity index (χ2n) is 4.93. The molecule has 1 atom stereocenters. The van der Waals surface area contributed by atoms with E-state index in [1.807, 2.05) is 0 Å². The molecule has 1 saturated heterocycles. The van der Waals surface area contributed by atoms with E-state index in [1.54, 1.807) is 25.2 Å². The number of ether oxygens (including phenoxy) is 1. The van der Waals surface area contributed by atoms with Crippen LogP contribution in [-0.2, 0) is 9.84 Å². The molecule has 0 aliphatic carbocycles. The topological polar surface area (TPSA) is 89.7 Å². The first-order chi connectivity index (χ1) is 9.34. The molecular formula is C13H18N2O4S. The quantitative estimate of drug-likeness (QED) is 0.822. The maximum atomic E-state index is 12.4. The first-order valence-corrected chi connectivity index (χ1v) is 8.07. The summed E-state index contributed by atoms with van der Waals surface area (Å²) in [5.41, 5.74) is 6.54. The lowest BCUT2D eigenvalue weighted by Crippen LogP contribution is -2.38. The molecule has 0 radical (unpaired) electrons. The highest BCUT2D eigenvalue weighted by atomic mass is 32.2. The van der Waals surface area contributed by atoms with Crippen molar-refractivity contribution >= 4 is 21.4 Å². The van der Waals surface area contributed by atoms with Crippen LogP contribution in [0.1, 0.15) is 16.8 Å².